The molecular formula is C24H28N4O4. The maximum atomic E-state index is 13.3. The molecule has 3 rings (SSSR count). The summed E-state index contributed by atoms with van der Waals surface area (Å²) in [5.41, 5.74) is 1.50. The van der Waals surface area contributed by atoms with Gasteiger partial charge in [-0.25, -0.2) is 4.79 Å². The second kappa shape index (κ2) is 10.9. The van der Waals surface area contributed by atoms with Gasteiger partial charge in [0.25, 0.3) is 0 Å². The number of amides is 3. The van der Waals surface area contributed by atoms with Gasteiger partial charge in [-0.2, -0.15) is 0 Å². The van der Waals surface area contributed by atoms with Crippen LogP contribution in [0.25, 0.3) is 0 Å². The predicted molar refractivity (Wildman–Crippen MR) is 122 cm³/mol. The van der Waals surface area contributed by atoms with Gasteiger partial charge in [-0.05, 0) is 36.4 Å². The fraction of sp³-hybridized carbons (Fsp3) is 0.250. The van der Waals surface area contributed by atoms with E-state index < -0.39 is 6.03 Å². The molecule has 168 valence electrons. The van der Waals surface area contributed by atoms with E-state index in [1.165, 1.54) is 12.0 Å². The number of methoxy groups -OCH3 is 1. The summed E-state index contributed by atoms with van der Waals surface area (Å²) in [5, 5.41) is 2.81. The number of hydrogen-bond acceptors (Lipinski definition) is 4. The number of para-hydroxylation sites is 2. The zero-order valence-corrected chi connectivity index (χ0v) is 18.4. The maximum absolute atomic E-state index is 13.3. The number of aryl methyl sites for hydroxylation is 1. The number of aromatic nitrogens is 1. The lowest BCUT2D eigenvalue weighted by atomic mass is 10.3. The van der Waals surface area contributed by atoms with E-state index in [1.54, 1.807) is 41.5 Å². The molecule has 0 spiro atoms. The molecule has 0 bridgehead atoms. The molecule has 0 saturated carbocycles. The smallest absolute Gasteiger partial charge is 0.322 e. The lowest BCUT2D eigenvalue weighted by Crippen LogP contribution is -2.44. The molecule has 0 radical (unpaired) electrons. The minimum atomic E-state index is -0.417. The largest absolute Gasteiger partial charge is 0.495 e. The molecule has 0 atom stereocenters. The van der Waals surface area contributed by atoms with E-state index in [2.05, 4.69) is 11.9 Å². The molecule has 2 aromatic heterocycles. The highest BCUT2D eigenvalue weighted by Crippen LogP contribution is 2.23. The molecule has 2 heterocycles. The molecule has 0 saturated heterocycles. The van der Waals surface area contributed by atoms with Crippen molar-refractivity contribution in [3.63, 3.8) is 0 Å². The second-order valence-corrected chi connectivity index (χ2v) is 7.24. The van der Waals surface area contributed by atoms with Gasteiger partial charge in [-0.3, -0.25) is 4.79 Å². The van der Waals surface area contributed by atoms with Crippen LogP contribution in [-0.2, 0) is 24.9 Å². The summed E-state index contributed by atoms with van der Waals surface area (Å²) in [7, 11) is 3.46. The van der Waals surface area contributed by atoms with Gasteiger partial charge in [0.15, 0.2) is 0 Å². The number of furan rings is 1. The number of nitrogens with zero attached hydrogens (tertiary/aromatic N) is 3. The molecular weight excluding hydrogens is 408 g/mol. The van der Waals surface area contributed by atoms with Gasteiger partial charge in [-0.1, -0.05) is 18.2 Å². The number of benzene rings is 1. The predicted octanol–water partition coefficient (Wildman–Crippen LogP) is 3.88. The first-order chi connectivity index (χ1) is 15.5. The number of urea groups is 1. The highest BCUT2D eigenvalue weighted by atomic mass is 16.5. The van der Waals surface area contributed by atoms with Crippen LogP contribution < -0.4 is 10.1 Å². The first-order valence-electron chi connectivity index (χ1n) is 10.2. The molecule has 1 N–H and O–H groups in total. The van der Waals surface area contributed by atoms with Crippen molar-refractivity contribution in [2.45, 2.75) is 13.1 Å². The third-order valence-corrected chi connectivity index (χ3v) is 5.00. The highest BCUT2D eigenvalue weighted by molar-refractivity contribution is 5.93. The molecule has 3 amide bonds. The van der Waals surface area contributed by atoms with E-state index in [-0.39, 0.29) is 19.0 Å². The van der Waals surface area contributed by atoms with Gasteiger partial charge in [0.05, 0.1) is 32.1 Å². The number of rotatable bonds is 10. The Labute approximate surface area is 187 Å². The lowest BCUT2D eigenvalue weighted by molar-refractivity contribution is -0.133. The summed E-state index contributed by atoms with van der Waals surface area (Å²) in [6.07, 6.45) is 5.09. The minimum absolute atomic E-state index is 0.113. The van der Waals surface area contributed by atoms with Crippen LogP contribution in [0.2, 0.25) is 0 Å². The Balaban J connectivity index is 1.75. The van der Waals surface area contributed by atoms with Crippen molar-refractivity contribution in [3.05, 3.63) is 85.1 Å². The van der Waals surface area contributed by atoms with E-state index in [9.17, 15) is 9.59 Å². The Morgan fingerprint density at radius 2 is 1.94 bits per heavy atom. The first kappa shape index (κ1) is 22.7. The first-order valence-corrected chi connectivity index (χ1v) is 10.2. The van der Waals surface area contributed by atoms with Gasteiger partial charge in [0, 0.05) is 25.5 Å². The molecule has 0 unspecified atom stereocenters. The molecule has 8 nitrogen and oxygen atoms in total. The Hall–Kier alpha value is -3.94. The SMILES string of the molecule is C=CCN(CC(=O)N(Cc1ccco1)Cc1cccn1C)C(=O)Nc1ccccc1OC. The quantitative estimate of drug-likeness (QED) is 0.489. The van der Waals surface area contributed by atoms with Crippen molar-refractivity contribution >= 4 is 17.6 Å². The summed E-state index contributed by atoms with van der Waals surface area (Å²) < 4.78 is 12.7. The highest BCUT2D eigenvalue weighted by Gasteiger charge is 2.23. The van der Waals surface area contributed by atoms with Gasteiger partial charge in [-0.15, -0.1) is 6.58 Å². The van der Waals surface area contributed by atoms with Crippen LogP contribution in [0, 0.1) is 0 Å². The van der Waals surface area contributed by atoms with Crippen molar-refractivity contribution in [3.8, 4) is 5.75 Å². The van der Waals surface area contributed by atoms with Crippen molar-refractivity contribution in [2.75, 3.05) is 25.5 Å². The summed E-state index contributed by atoms with van der Waals surface area (Å²) >= 11 is 0. The van der Waals surface area contributed by atoms with Crippen LogP contribution in [0.4, 0.5) is 10.5 Å². The number of anilines is 1. The van der Waals surface area contributed by atoms with Crippen molar-refractivity contribution in [2.24, 2.45) is 7.05 Å². The van der Waals surface area contributed by atoms with Gasteiger partial charge >= 0.3 is 6.03 Å². The normalized spacial score (nSPS) is 10.4. The number of nitrogens with one attached hydrogen (secondary N) is 1. The molecule has 0 fully saturated rings. The molecule has 8 heteroatoms. The zero-order chi connectivity index (χ0) is 22.9. The van der Waals surface area contributed by atoms with Gasteiger partial charge in [0.2, 0.25) is 5.91 Å². The van der Waals surface area contributed by atoms with E-state index in [4.69, 9.17) is 9.15 Å². The number of hydrogen-bond donors (Lipinski definition) is 1. The summed E-state index contributed by atoms with van der Waals surface area (Å²) in [6.45, 7) is 4.51. The van der Waals surface area contributed by atoms with Gasteiger partial charge < -0.3 is 28.8 Å². The average molecular weight is 437 g/mol. The van der Waals surface area contributed by atoms with Crippen LogP contribution >= 0.6 is 0 Å². The van der Waals surface area contributed by atoms with Crippen LogP contribution in [0.1, 0.15) is 11.5 Å². The van der Waals surface area contributed by atoms with Crippen LogP contribution in [-0.4, -0.2) is 46.5 Å². The summed E-state index contributed by atoms with van der Waals surface area (Å²) in [4.78, 5) is 29.3. The Morgan fingerprint density at radius 3 is 2.59 bits per heavy atom. The number of carbonyl (C=O) groups is 2. The Kier molecular flexibility index (Phi) is 7.75. The summed E-state index contributed by atoms with van der Waals surface area (Å²) in [6, 6.07) is 14.2. The number of ether oxygens (including phenoxy) is 1. The molecule has 0 aliphatic heterocycles. The van der Waals surface area contributed by atoms with Crippen molar-refractivity contribution in [1.29, 1.82) is 0 Å². The fourth-order valence-electron chi connectivity index (χ4n) is 3.26. The molecule has 1 aromatic carbocycles. The van der Waals surface area contributed by atoms with E-state index in [0.29, 0.717) is 30.3 Å². The van der Waals surface area contributed by atoms with E-state index >= 15 is 0 Å². The molecule has 3 aromatic rings. The molecule has 0 aliphatic rings. The number of carbonyl (C=O) groups excluding carboxylic acids is 2. The van der Waals surface area contributed by atoms with Gasteiger partial charge in [0.1, 0.15) is 18.1 Å². The minimum Gasteiger partial charge on any atom is -0.495 e. The maximum Gasteiger partial charge on any atom is 0.322 e. The Bertz CT molecular complexity index is 1040. The summed E-state index contributed by atoms with van der Waals surface area (Å²) in [5.74, 6) is 0.995. The molecule has 0 aliphatic carbocycles. The Morgan fingerprint density at radius 1 is 1.12 bits per heavy atom. The van der Waals surface area contributed by atoms with E-state index in [0.717, 1.165) is 5.69 Å². The average Bonchev–Trinajstić information content (AvgIpc) is 3.45. The monoisotopic (exact) mass is 436 g/mol. The fourth-order valence-corrected chi connectivity index (χ4v) is 3.26. The van der Waals surface area contributed by atoms with Crippen molar-refractivity contribution < 1.29 is 18.7 Å². The lowest BCUT2D eigenvalue weighted by Gasteiger charge is -2.27. The third kappa shape index (κ3) is 5.81. The third-order valence-electron chi connectivity index (χ3n) is 5.00. The van der Waals surface area contributed by atoms with Crippen LogP contribution in [0.3, 0.4) is 0 Å². The van der Waals surface area contributed by atoms with Crippen molar-refractivity contribution in [1.82, 2.24) is 14.4 Å². The zero-order valence-electron chi connectivity index (χ0n) is 18.4. The molecule has 32 heavy (non-hydrogen) atoms. The standard InChI is InChI=1S/C24H28N4O4/c1-4-13-27(24(30)25-21-11-5-6-12-22(21)31-3)18-23(29)28(17-20-10-8-15-32-20)16-19-9-7-14-26(19)2/h4-12,14-15H,1,13,16-18H2,2-3H3,(H,25,30). The van der Waals surface area contributed by atoms with E-state index in [1.807, 2.05) is 42.1 Å². The van der Waals surface area contributed by atoms with Crippen LogP contribution in [0.15, 0.2) is 78.1 Å². The topological polar surface area (TPSA) is 80.0 Å². The second-order valence-electron chi connectivity index (χ2n) is 7.24. The van der Waals surface area contributed by atoms with Crippen LogP contribution in [0.5, 0.6) is 5.75 Å².